The van der Waals surface area contributed by atoms with Crippen molar-refractivity contribution in [2.45, 2.75) is 96.9 Å². The molecule has 130 valence electrons. The van der Waals surface area contributed by atoms with E-state index in [1.807, 2.05) is 0 Å². The lowest BCUT2D eigenvalue weighted by Crippen LogP contribution is -2.50. The highest BCUT2D eigenvalue weighted by molar-refractivity contribution is 5.70. The van der Waals surface area contributed by atoms with Gasteiger partial charge in [0.1, 0.15) is 0 Å². The molecule has 0 aromatic carbocycles. The molecule has 0 spiro atoms. The molecule has 1 fully saturated rings. The number of aliphatic carboxylic acids is 1. The highest BCUT2D eigenvalue weighted by Gasteiger charge is 2.35. The average Bonchev–Trinajstić information content (AvgIpc) is 2.52. The Bertz CT molecular complexity index is 311. The molecule has 0 bridgehead atoms. The van der Waals surface area contributed by atoms with E-state index in [9.17, 15) is 9.90 Å². The first-order valence-corrected chi connectivity index (χ1v) is 9.51. The highest BCUT2D eigenvalue weighted by Crippen LogP contribution is 2.32. The van der Waals surface area contributed by atoms with Crippen molar-refractivity contribution in [2.24, 2.45) is 5.92 Å². The fraction of sp³-hybridized carbons (Fsp3) is 0.947. The molecule has 0 saturated carbocycles. The molecule has 1 aliphatic heterocycles. The summed E-state index contributed by atoms with van der Waals surface area (Å²) in [4.78, 5) is 13.8. The van der Waals surface area contributed by atoms with Gasteiger partial charge in [0.2, 0.25) is 0 Å². The standard InChI is InChI=1S/C19H37NO2/c1-4-6-8-10-14-19(3,13-9-7-5-2)20-15-11-17(12-16-20)18(21)22/h17H,4-16H2,1-3H3,(H,21,22). The summed E-state index contributed by atoms with van der Waals surface area (Å²) in [5, 5.41) is 9.18. The fourth-order valence-electron chi connectivity index (χ4n) is 3.80. The van der Waals surface area contributed by atoms with Crippen molar-refractivity contribution in [3.63, 3.8) is 0 Å². The monoisotopic (exact) mass is 311 g/mol. The van der Waals surface area contributed by atoms with Crippen LogP contribution < -0.4 is 0 Å². The van der Waals surface area contributed by atoms with Crippen LogP contribution in [0.1, 0.15) is 91.4 Å². The largest absolute Gasteiger partial charge is 0.481 e. The van der Waals surface area contributed by atoms with E-state index in [1.54, 1.807) is 0 Å². The van der Waals surface area contributed by atoms with Gasteiger partial charge in [0.25, 0.3) is 0 Å². The van der Waals surface area contributed by atoms with Crippen LogP contribution in [0.25, 0.3) is 0 Å². The fourth-order valence-corrected chi connectivity index (χ4v) is 3.80. The first-order valence-electron chi connectivity index (χ1n) is 9.51. The Morgan fingerprint density at radius 2 is 1.50 bits per heavy atom. The highest BCUT2D eigenvalue weighted by atomic mass is 16.4. The van der Waals surface area contributed by atoms with Gasteiger partial charge in [0, 0.05) is 5.54 Å². The van der Waals surface area contributed by atoms with E-state index < -0.39 is 5.97 Å². The summed E-state index contributed by atoms with van der Waals surface area (Å²) in [6.07, 6.45) is 13.4. The summed E-state index contributed by atoms with van der Waals surface area (Å²) in [6, 6.07) is 0. The molecule has 0 amide bonds. The van der Waals surface area contributed by atoms with Crippen molar-refractivity contribution in [1.29, 1.82) is 0 Å². The third-order valence-corrected chi connectivity index (χ3v) is 5.50. The Morgan fingerprint density at radius 3 is 2.00 bits per heavy atom. The summed E-state index contributed by atoms with van der Waals surface area (Å²) >= 11 is 0. The van der Waals surface area contributed by atoms with Gasteiger partial charge in [0.15, 0.2) is 0 Å². The average molecular weight is 312 g/mol. The van der Waals surface area contributed by atoms with E-state index in [-0.39, 0.29) is 11.5 Å². The lowest BCUT2D eigenvalue weighted by atomic mass is 9.83. The zero-order valence-electron chi connectivity index (χ0n) is 15.1. The van der Waals surface area contributed by atoms with Crippen LogP contribution >= 0.6 is 0 Å². The number of carboxylic acids is 1. The molecule has 1 N–H and O–H groups in total. The lowest BCUT2D eigenvalue weighted by molar-refractivity contribution is -0.144. The Morgan fingerprint density at radius 1 is 1.00 bits per heavy atom. The van der Waals surface area contributed by atoms with Crippen LogP contribution in [0.15, 0.2) is 0 Å². The third-order valence-electron chi connectivity index (χ3n) is 5.50. The number of carbonyl (C=O) groups is 1. The maximum Gasteiger partial charge on any atom is 0.306 e. The van der Waals surface area contributed by atoms with Gasteiger partial charge in [-0.05, 0) is 45.7 Å². The van der Waals surface area contributed by atoms with Crippen LogP contribution in [0.2, 0.25) is 0 Å². The summed E-state index contributed by atoms with van der Waals surface area (Å²) in [6.45, 7) is 8.88. The van der Waals surface area contributed by atoms with Gasteiger partial charge in [-0.15, -0.1) is 0 Å². The maximum absolute atomic E-state index is 11.1. The van der Waals surface area contributed by atoms with Crippen LogP contribution in [0.5, 0.6) is 0 Å². The van der Waals surface area contributed by atoms with Crippen LogP contribution in [0, 0.1) is 5.92 Å². The van der Waals surface area contributed by atoms with Gasteiger partial charge in [0.05, 0.1) is 5.92 Å². The lowest BCUT2D eigenvalue weighted by Gasteiger charge is -2.45. The summed E-state index contributed by atoms with van der Waals surface area (Å²) in [5.41, 5.74) is 0.284. The third kappa shape index (κ3) is 6.28. The van der Waals surface area contributed by atoms with E-state index in [1.165, 1.54) is 57.8 Å². The quantitative estimate of drug-likeness (QED) is 0.540. The van der Waals surface area contributed by atoms with Gasteiger partial charge >= 0.3 is 5.97 Å². The molecule has 1 saturated heterocycles. The molecule has 0 aromatic heterocycles. The molecular weight excluding hydrogens is 274 g/mol. The molecule has 1 atom stereocenters. The Kier molecular flexibility index (Phi) is 9.08. The number of unbranched alkanes of at least 4 members (excludes halogenated alkanes) is 5. The first kappa shape index (κ1) is 19.5. The van der Waals surface area contributed by atoms with Crippen molar-refractivity contribution < 1.29 is 9.90 Å². The molecule has 22 heavy (non-hydrogen) atoms. The van der Waals surface area contributed by atoms with E-state index in [4.69, 9.17) is 0 Å². The number of hydrogen-bond donors (Lipinski definition) is 1. The van der Waals surface area contributed by atoms with E-state index in [2.05, 4.69) is 25.7 Å². The normalized spacial score (nSPS) is 20.0. The summed E-state index contributed by atoms with van der Waals surface area (Å²) in [7, 11) is 0. The van der Waals surface area contributed by atoms with Gasteiger partial charge in [-0.1, -0.05) is 58.8 Å². The van der Waals surface area contributed by atoms with Gasteiger partial charge in [-0.25, -0.2) is 0 Å². The molecule has 1 unspecified atom stereocenters. The number of carboxylic acid groups (broad SMARTS) is 1. The molecule has 0 radical (unpaired) electrons. The predicted molar refractivity (Wildman–Crippen MR) is 93.2 cm³/mol. The van der Waals surface area contributed by atoms with Crippen molar-refractivity contribution in [3.8, 4) is 0 Å². The zero-order chi connectivity index (χ0) is 16.4. The minimum absolute atomic E-state index is 0.115. The van der Waals surface area contributed by atoms with Crippen LogP contribution in [0.3, 0.4) is 0 Å². The second kappa shape index (κ2) is 10.3. The smallest absolute Gasteiger partial charge is 0.306 e. The minimum Gasteiger partial charge on any atom is -0.481 e. The first-order chi connectivity index (χ1) is 10.5. The SMILES string of the molecule is CCCCCCC(C)(CCCCC)N1CCC(C(=O)O)CC1. The van der Waals surface area contributed by atoms with Crippen LogP contribution in [0.4, 0.5) is 0 Å². The van der Waals surface area contributed by atoms with Gasteiger partial charge in [-0.3, -0.25) is 9.69 Å². The molecule has 3 nitrogen and oxygen atoms in total. The molecule has 1 aliphatic rings. The second-order valence-corrected chi connectivity index (χ2v) is 7.36. The van der Waals surface area contributed by atoms with Crippen molar-refractivity contribution in [3.05, 3.63) is 0 Å². The maximum atomic E-state index is 11.1. The van der Waals surface area contributed by atoms with Gasteiger partial charge < -0.3 is 5.11 Å². The van der Waals surface area contributed by atoms with E-state index in [0.717, 1.165) is 25.9 Å². The Balaban J connectivity index is 2.54. The summed E-state index contributed by atoms with van der Waals surface area (Å²) in [5.74, 6) is -0.716. The number of rotatable bonds is 11. The van der Waals surface area contributed by atoms with Crippen LogP contribution in [-0.4, -0.2) is 34.6 Å². The van der Waals surface area contributed by atoms with Crippen LogP contribution in [-0.2, 0) is 4.79 Å². The van der Waals surface area contributed by atoms with E-state index >= 15 is 0 Å². The predicted octanol–water partition coefficient (Wildman–Crippen LogP) is 5.09. The van der Waals surface area contributed by atoms with E-state index in [0.29, 0.717) is 0 Å². The minimum atomic E-state index is -0.602. The van der Waals surface area contributed by atoms with Crippen molar-refractivity contribution in [2.75, 3.05) is 13.1 Å². The van der Waals surface area contributed by atoms with Crippen molar-refractivity contribution in [1.82, 2.24) is 4.90 Å². The molecule has 3 heteroatoms. The molecule has 0 aromatic rings. The zero-order valence-corrected chi connectivity index (χ0v) is 15.1. The Labute approximate surface area is 137 Å². The van der Waals surface area contributed by atoms with Crippen molar-refractivity contribution >= 4 is 5.97 Å². The molecule has 0 aliphatic carbocycles. The number of likely N-dealkylation sites (tertiary alicyclic amines) is 1. The second-order valence-electron chi connectivity index (χ2n) is 7.36. The summed E-state index contributed by atoms with van der Waals surface area (Å²) < 4.78 is 0. The Hall–Kier alpha value is -0.570. The number of nitrogens with zero attached hydrogens (tertiary/aromatic N) is 1. The number of hydrogen-bond acceptors (Lipinski definition) is 2. The topological polar surface area (TPSA) is 40.5 Å². The van der Waals surface area contributed by atoms with Gasteiger partial charge in [-0.2, -0.15) is 0 Å². The number of piperidine rings is 1. The molecular formula is C19H37NO2. The molecule has 1 heterocycles. The molecule has 1 rings (SSSR count).